The lowest BCUT2D eigenvalue weighted by atomic mass is 10.1. The van der Waals surface area contributed by atoms with Crippen molar-refractivity contribution in [3.63, 3.8) is 0 Å². The maximum atomic E-state index is 11.9. The Bertz CT molecular complexity index is 478. The minimum atomic E-state index is -3.28. The third kappa shape index (κ3) is 4.08. The van der Waals surface area contributed by atoms with E-state index in [1.165, 1.54) is 0 Å². The fraction of sp³-hybridized carbons (Fsp3) is 0.500. The molecule has 0 saturated heterocycles. The highest BCUT2D eigenvalue weighted by atomic mass is 79.9. The third-order valence-corrected chi connectivity index (χ3v) is 5.20. The molecule has 1 N–H and O–H groups in total. The van der Waals surface area contributed by atoms with Gasteiger partial charge in [0.1, 0.15) is 0 Å². The van der Waals surface area contributed by atoms with Crippen molar-refractivity contribution in [2.45, 2.75) is 37.4 Å². The van der Waals surface area contributed by atoms with Crippen LogP contribution in [-0.4, -0.2) is 13.2 Å². The van der Waals surface area contributed by atoms with Crippen LogP contribution in [0.2, 0.25) is 0 Å². The number of halogens is 1. The van der Waals surface area contributed by atoms with Crippen molar-refractivity contribution < 1.29 is 8.42 Å². The molecular formula is C12H18BrNO2S. The molecule has 17 heavy (non-hydrogen) atoms. The number of nitrogens with one attached hydrogen (secondary N) is 1. The molecule has 0 aliphatic heterocycles. The molecule has 1 rings (SSSR count). The van der Waals surface area contributed by atoms with E-state index in [0.717, 1.165) is 16.5 Å². The van der Waals surface area contributed by atoms with Gasteiger partial charge in [-0.3, -0.25) is 0 Å². The minimum absolute atomic E-state index is 0.334. The van der Waals surface area contributed by atoms with Crippen molar-refractivity contribution in [1.82, 2.24) is 4.72 Å². The van der Waals surface area contributed by atoms with Crippen molar-refractivity contribution in [2.75, 3.05) is 0 Å². The summed E-state index contributed by atoms with van der Waals surface area (Å²) in [7, 11) is -3.28. The second-order valence-corrected chi connectivity index (χ2v) is 7.97. The molecule has 1 aromatic carbocycles. The van der Waals surface area contributed by atoms with E-state index in [4.69, 9.17) is 0 Å². The van der Waals surface area contributed by atoms with Crippen LogP contribution in [-0.2, 0) is 21.9 Å². The largest absolute Gasteiger partial charge is 0.216 e. The van der Waals surface area contributed by atoms with Crippen LogP contribution in [0.15, 0.2) is 24.3 Å². The van der Waals surface area contributed by atoms with E-state index in [0.29, 0.717) is 6.54 Å². The van der Waals surface area contributed by atoms with Gasteiger partial charge in [-0.25, -0.2) is 13.1 Å². The summed E-state index contributed by atoms with van der Waals surface area (Å²) in [6.07, 6.45) is 0. The van der Waals surface area contributed by atoms with Gasteiger partial charge in [-0.2, -0.15) is 0 Å². The standard InChI is InChI=1S/C12H18BrNO2S/c1-12(2,3)17(15,16)14-9-11-6-4-5-10(7-11)8-13/h4-7,14H,8-9H2,1-3H3. The molecule has 0 aliphatic carbocycles. The Labute approximate surface area is 112 Å². The van der Waals surface area contributed by atoms with Crippen LogP contribution < -0.4 is 4.72 Å². The van der Waals surface area contributed by atoms with Gasteiger partial charge in [0, 0.05) is 11.9 Å². The van der Waals surface area contributed by atoms with E-state index >= 15 is 0 Å². The summed E-state index contributed by atoms with van der Waals surface area (Å²) in [4.78, 5) is 0. The Morgan fingerprint density at radius 2 is 1.82 bits per heavy atom. The smallest absolute Gasteiger partial charge is 0.212 e. The van der Waals surface area contributed by atoms with Crippen molar-refractivity contribution in [3.8, 4) is 0 Å². The van der Waals surface area contributed by atoms with Crippen molar-refractivity contribution in [3.05, 3.63) is 35.4 Å². The Morgan fingerprint density at radius 3 is 2.35 bits per heavy atom. The van der Waals surface area contributed by atoms with Gasteiger partial charge in [0.25, 0.3) is 0 Å². The van der Waals surface area contributed by atoms with Crippen LogP contribution in [0.1, 0.15) is 31.9 Å². The first-order valence-electron chi connectivity index (χ1n) is 5.39. The zero-order chi connectivity index (χ0) is 13.1. The Morgan fingerprint density at radius 1 is 1.24 bits per heavy atom. The average molecular weight is 320 g/mol. The van der Waals surface area contributed by atoms with E-state index in [9.17, 15) is 8.42 Å². The van der Waals surface area contributed by atoms with Gasteiger partial charge in [0.05, 0.1) is 4.75 Å². The number of hydrogen-bond donors (Lipinski definition) is 1. The fourth-order valence-electron chi connectivity index (χ4n) is 1.22. The number of alkyl halides is 1. The van der Waals surface area contributed by atoms with Crippen molar-refractivity contribution >= 4 is 26.0 Å². The minimum Gasteiger partial charge on any atom is -0.212 e. The first-order valence-corrected chi connectivity index (χ1v) is 8.00. The maximum Gasteiger partial charge on any atom is 0.216 e. The summed E-state index contributed by atoms with van der Waals surface area (Å²) < 4.78 is 25.6. The normalized spacial score (nSPS) is 12.7. The molecule has 0 amide bonds. The van der Waals surface area contributed by atoms with E-state index in [2.05, 4.69) is 20.7 Å². The summed E-state index contributed by atoms with van der Waals surface area (Å²) in [6.45, 7) is 5.39. The molecule has 0 spiro atoms. The lowest BCUT2D eigenvalue weighted by Gasteiger charge is -2.19. The monoisotopic (exact) mass is 319 g/mol. The summed E-state index contributed by atoms with van der Waals surface area (Å²) in [5.41, 5.74) is 2.10. The van der Waals surface area contributed by atoms with Gasteiger partial charge >= 0.3 is 0 Å². The number of rotatable bonds is 4. The lowest BCUT2D eigenvalue weighted by Crippen LogP contribution is -2.38. The summed E-state index contributed by atoms with van der Waals surface area (Å²) in [5.74, 6) is 0. The molecule has 0 atom stereocenters. The highest BCUT2D eigenvalue weighted by molar-refractivity contribution is 9.08. The molecule has 1 aromatic rings. The second-order valence-electron chi connectivity index (χ2n) is 4.89. The molecule has 0 aromatic heterocycles. The first kappa shape index (κ1) is 14.7. The second kappa shape index (κ2) is 5.50. The molecular weight excluding hydrogens is 302 g/mol. The lowest BCUT2D eigenvalue weighted by molar-refractivity contribution is 0.544. The van der Waals surface area contributed by atoms with Crippen LogP contribution in [0.3, 0.4) is 0 Å². The van der Waals surface area contributed by atoms with Crippen LogP contribution in [0.25, 0.3) is 0 Å². The molecule has 0 fully saturated rings. The predicted molar refractivity (Wildman–Crippen MR) is 74.6 cm³/mol. The Balaban J connectivity index is 2.74. The maximum absolute atomic E-state index is 11.9. The molecule has 3 nitrogen and oxygen atoms in total. The molecule has 0 heterocycles. The van der Waals surface area contributed by atoms with Gasteiger partial charge in [0.15, 0.2) is 0 Å². The molecule has 0 aliphatic rings. The van der Waals surface area contributed by atoms with Gasteiger partial charge in [-0.1, -0.05) is 40.2 Å². The Hall–Kier alpha value is -0.390. The molecule has 0 saturated carbocycles. The van der Waals surface area contributed by atoms with Gasteiger partial charge in [0.2, 0.25) is 10.0 Å². The van der Waals surface area contributed by atoms with Crippen LogP contribution in [0.5, 0.6) is 0 Å². The predicted octanol–water partition coefficient (Wildman–Crippen LogP) is 2.80. The average Bonchev–Trinajstić information content (AvgIpc) is 2.25. The zero-order valence-electron chi connectivity index (χ0n) is 10.3. The van der Waals surface area contributed by atoms with E-state index in [1.807, 2.05) is 24.3 Å². The highest BCUT2D eigenvalue weighted by Crippen LogP contribution is 2.14. The molecule has 0 radical (unpaired) electrons. The summed E-state index contributed by atoms with van der Waals surface area (Å²) in [5, 5.41) is 0.771. The zero-order valence-corrected chi connectivity index (χ0v) is 12.7. The van der Waals surface area contributed by atoms with Crippen LogP contribution in [0.4, 0.5) is 0 Å². The van der Waals surface area contributed by atoms with E-state index in [1.54, 1.807) is 20.8 Å². The summed E-state index contributed by atoms with van der Waals surface area (Å²) in [6, 6.07) is 7.82. The SMILES string of the molecule is CC(C)(C)S(=O)(=O)NCc1cccc(CBr)c1. The molecule has 5 heteroatoms. The van der Waals surface area contributed by atoms with Crippen LogP contribution in [0, 0.1) is 0 Å². The van der Waals surface area contributed by atoms with E-state index < -0.39 is 14.8 Å². The van der Waals surface area contributed by atoms with Gasteiger partial charge < -0.3 is 0 Å². The topological polar surface area (TPSA) is 46.2 Å². The highest BCUT2D eigenvalue weighted by Gasteiger charge is 2.28. The van der Waals surface area contributed by atoms with Crippen LogP contribution >= 0.6 is 15.9 Å². The van der Waals surface area contributed by atoms with Crippen molar-refractivity contribution in [1.29, 1.82) is 0 Å². The summed E-state index contributed by atoms with van der Waals surface area (Å²) >= 11 is 3.38. The van der Waals surface area contributed by atoms with E-state index in [-0.39, 0.29) is 0 Å². The van der Waals surface area contributed by atoms with Crippen molar-refractivity contribution in [2.24, 2.45) is 0 Å². The number of sulfonamides is 1. The Kier molecular flexibility index (Phi) is 4.75. The molecule has 0 bridgehead atoms. The number of hydrogen-bond acceptors (Lipinski definition) is 2. The fourth-order valence-corrected chi connectivity index (χ4v) is 2.36. The molecule has 96 valence electrons. The van der Waals surface area contributed by atoms with Gasteiger partial charge in [-0.15, -0.1) is 0 Å². The third-order valence-electron chi connectivity index (χ3n) is 2.42. The number of benzene rings is 1. The quantitative estimate of drug-likeness (QED) is 0.867. The van der Waals surface area contributed by atoms with Gasteiger partial charge in [-0.05, 0) is 31.9 Å². The first-order chi connectivity index (χ1) is 7.76. The molecule has 0 unspecified atom stereocenters.